The molecule has 1 rings (SSSR count). The molecule has 17 heavy (non-hydrogen) atoms. The number of nitrogens with one attached hydrogen (secondary N) is 2. The Bertz CT molecular complexity index is 349. The monoisotopic (exact) mass is 262 g/mol. The van der Waals surface area contributed by atoms with Crippen LogP contribution in [0.25, 0.3) is 0 Å². The van der Waals surface area contributed by atoms with Gasteiger partial charge in [0.15, 0.2) is 0 Å². The third-order valence-electron chi connectivity index (χ3n) is 2.90. The van der Waals surface area contributed by atoms with E-state index in [1.165, 1.54) is 4.31 Å². The molecule has 0 radical (unpaired) electrons. The van der Waals surface area contributed by atoms with Crippen LogP contribution in [0.15, 0.2) is 0 Å². The molecule has 0 aromatic heterocycles. The highest BCUT2D eigenvalue weighted by molar-refractivity contribution is 7.87. The van der Waals surface area contributed by atoms with Crippen LogP contribution in [0.2, 0.25) is 0 Å². The Morgan fingerprint density at radius 1 is 1.41 bits per heavy atom. The Morgan fingerprint density at radius 2 is 2.00 bits per heavy atom. The Hall–Kier alpha value is -0.660. The van der Waals surface area contributed by atoms with Crippen LogP contribution < -0.4 is 10.5 Å². The molecule has 0 bridgehead atoms. The van der Waals surface area contributed by atoms with Crippen molar-refractivity contribution in [3.8, 4) is 0 Å². The zero-order valence-corrected chi connectivity index (χ0v) is 11.1. The number of amidine groups is 1. The minimum atomic E-state index is -3.49. The number of nitrogens with two attached hydrogens (primary N) is 1. The third-order valence-corrected chi connectivity index (χ3v) is 4.53. The van der Waals surface area contributed by atoms with Gasteiger partial charge in [-0.1, -0.05) is 19.8 Å². The first-order valence-corrected chi connectivity index (χ1v) is 7.52. The summed E-state index contributed by atoms with van der Waals surface area (Å²) < 4.78 is 28.0. The van der Waals surface area contributed by atoms with Crippen LogP contribution in [0.3, 0.4) is 0 Å². The molecule has 1 heterocycles. The average Bonchev–Trinajstić information content (AvgIpc) is 2.29. The van der Waals surface area contributed by atoms with Crippen molar-refractivity contribution in [1.82, 2.24) is 9.03 Å². The van der Waals surface area contributed by atoms with Crippen LogP contribution in [0, 0.1) is 5.41 Å². The zero-order chi connectivity index (χ0) is 12.9. The van der Waals surface area contributed by atoms with Gasteiger partial charge in [-0.25, -0.2) is 0 Å². The quantitative estimate of drug-likeness (QED) is 0.477. The third kappa shape index (κ3) is 4.25. The first-order chi connectivity index (χ1) is 7.97. The van der Waals surface area contributed by atoms with E-state index in [0.717, 1.165) is 25.7 Å². The second kappa shape index (κ2) is 6.32. The Labute approximate surface area is 103 Å². The molecule has 6 nitrogen and oxygen atoms in total. The van der Waals surface area contributed by atoms with E-state index >= 15 is 0 Å². The zero-order valence-electron chi connectivity index (χ0n) is 10.3. The maximum Gasteiger partial charge on any atom is 0.280 e. The van der Waals surface area contributed by atoms with E-state index in [2.05, 4.69) is 4.72 Å². The van der Waals surface area contributed by atoms with E-state index in [1.54, 1.807) is 0 Å². The van der Waals surface area contributed by atoms with Crippen molar-refractivity contribution in [1.29, 1.82) is 5.41 Å². The Balaban J connectivity index is 2.65. The van der Waals surface area contributed by atoms with Gasteiger partial charge in [0.1, 0.15) is 5.84 Å². The van der Waals surface area contributed by atoms with Crippen molar-refractivity contribution in [3.63, 3.8) is 0 Å². The highest BCUT2D eigenvalue weighted by Crippen LogP contribution is 2.12. The van der Waals surface area contributed by atoms with Crippen LogP contribution in [0.4, 0.5) is 0 Å². The normalized spacial score (nSPS) is 20.1. The predicted octanol–water partition coefficient (Wildman–Crippen LogP) is 0.411. The standard InChI is InChI=1S/C10H22N4O2S/c1-2-6-9(10(11)12)13-17(15,16)14-7-4-3-5-8-14/h9,13H,2-8H2,1H3,(H3,11,12). The maximum atomic E-state index is 12.0. The van der Waals surface area contributed by atoms with Crippen molar-refractivity contribution in [2.45, 2.75) is 45.1 Å². The molecule has 0 aliphatic carbocycles. The summed E-state index contributed by atoms with van der Waals surface area (Å²) >= 11 is 0. The van der Waals surface area contributed by atoms with Crippen LogP contribution in [-0.2, 0) is 10.2 Å². The molecule has 1 unspecified atom stereocenters. The van der Waals surface area contributed by atoms with Gasteiger partial charge >= 0.3 is 0 Å². The lowest BCUT2D eigenvalue weighted by Gasteiger charge is -2.28. The molecule has 1 aliphatic rings. The molecule has 0 saturated carbocycles. The molecular formula is C10H22N4O2S. The van der Waals surface area contributed by atoms with Crippen LogP contribution >= 0.6 is 0 Å². The van der Waals surface area contributed by atoms with Gasteiger partial charge in [-0.2, -0.15) is 17.4 Å². The van der Waals surface area contributed by atoms with Gasteiger partial charge < -0.3 is 5.73 Å². The van der Waals surface area contributed by atoms with Crippen molar-refractivity contribution in [2.75, 3.05) is 13.1 Å². The molecular weight excluding hydrogens is 240 g/mol. The molecule has 1 atom stereocenters. The number of nitrogens with zero attached hydrogens (tertiary/aromatic N) is 1. The fourth-order valence-electron chi connectivity index (χ4n) is 1.93. The van der Waals surface area contributed by atoms with Crippen molar-refractivity contribution < 1.29 is 8.42 Å². The van der Waals surface area contributed by atoms with Crippen LogP contribution in [0.1, 0.15) is 39.0 Å². The summed E-state index contributed by atoms with van der Waals surface area (Å²) in [6, 6.07) is -0.577. The summed E-state index contributed by atoms with van der Waals surface area (Å²) in [5, 5.41) is 7.38. The van der Waals surface area contributed by atoms with Gasteiger partial charge in [0, 0.05) is 13.1 Å². The van der Waals surface area contributed by atoms with Crippen molar-refractivity contribution in [2.24, 2.45) is 5.73 Å². The summed E-state index contributed by atoms with van der Waals surface area (Å²) in [6.45, 7) is 3.06. The van der Waals surface area contributed by atoms with Gasteiger partial charge in [-0.3, -0.25) is 5.41 Å². The molecule has 1 aliphatic heterocycles. The largest absolute Gasteiger partial charge is 0.386 e. The summed E-state index contributed by atoms with van der Waals surface area (Å²) in [7, 11) is -3.49. The summed E-state index contributed by atoms with van der Waals surface area (Å²) in [5.74, 6) is -0.118. The van der Waals surface area contributed by atoms with Gasteiger partial charge in [-0.15, -0.1) is 0 Å². The highest BCUT2D eigenvalue weighted by Gasteiger charge is 2.27. The first-order valence-electron chi connectivity index (χ1n) is 6.08. The molecule has 1 saturated heterocycles. The summed E-state index contributed by atoms with van der Waals surface area (Å²) in [5.41, 5.74) is 5.40. The van der Waals surface area contributed by atoms with E-state index in [9.17, 15) is 8.42 Å². The molecule has 100 valence electrons. The minimum Gasteiger partial charge on any atom is -0.386 e. The Morgan fingerprint density at radius 3 is 2.47 bits per heavy atom. The maximum absolute atomic E-state index is 12.0. The SMILES string of the molecule is CCCC(NS(=O)(=O)N1CCCCC1)C(=N)N. The molecule has 0 amide bonds. The van der Waals surface area contributed by atoms with Gasteiger partial charge in [0.05, 0.1) is 6.04 Å². The lowest BCUT2D eigenvalue weighted by atomic mass is 10.2. The number of hydrogen-bond donors (Lipinski definition) is 3. The highest BCUT2D eigenvalue weighted by atomic mass is 32.2. The number of piperidine rings is 1. The molecule has 1 fully saturated rings. The van der Waals surface area contributed by atoms with Gasteiger partial charge in [0.25, 0.3) is 10.2 Å². The first kappa shape index (κ1) is 14.4. The molecule has 0 aromatic rings. The number of rotatable bonds is 6. The molecule has 0 aromatic carbocycles. The lowest BCUT2D eigenvalue weighted by molar-refractivity contribution is 0.340. The van der Waals surface area contributed by atoms with E-state index in [4.69, 9.17) is 11.1 Å². The lowest BCUT2D eigenvalue weighted by Crippen LogP contribution is -2.51. The average molecular weight is 262 g/mol. The van der Waals surface area contributed by atoms with Crippen LogP contribution in [-0.4, -0.2) is 37.7 Å². The van der Waals surface area contributed by atoms with E-state index < -0.39 is 16.3 Å². The van der Waals surface area contributed by atoms with Gasteiger partial charge in [0.2, 0.25) is 0 Å². The topological polar surface area (TPSA) is 99.3 Å². The van der Waals surface area contributed by atoms with E-state index in [-0.39, 0.29) is 5.84 Å². The van der Waals surface area contributed by atoms with Crippen molar-refractivity contribution >= 4 is 16.0 Å². The minimum absolute atomic E-state index is 0.118. The molecule has 4 N–H and O–H groups in total. The smallest absolute Gasteiger partial charge is 0.280 e. The van der Waals surface area contributed by atoms with E-state index in [1.807, 2.05) is 6.92 Å². The van der Waals surface area contributed by atoms with Gasteiger partial charge in [-0.05, 0) is 19.3 Å². The Kier molecular flexibility index (Phi) is 5.35. The van der Waals surface area contributed by atoms with Crippen molar-refractivity contribution in [3.05, 3.63) is 0 Å². The molecule has 7 heteroatoms. The summed E-state index contributed by atoms with van der Waals surface area (Å²) in [4.78, 5) is 0. The van der Waals surface area contributed by atoms with Crippen LogP contribution in [0.5, 0.6) is 0 Å². The summed E-state index contributed by atoms with van der Waals surface area (Å²) in [6.07, 6.45) is 4.23. The second-order valence-corrected chi connectivity index (χ2v) is 6.08. The fourth-order valence-corrected chi connectivity index (χ4v) is 3.42. The predicted molar refractivity (Wildman–Crippen MR) is 68.1 cm³/mol. The second-order valence-electron chi connectivity index (χ2n) is 4.38. The van der Waals surface area contributed by atoms with E-state index in [0.29, 0.717) is 19.5 Å². The fraction of sp³-hybridized carbons (Fsp3) is 0.900. The number of hydrogen-bond acceptors (Lipinski definition) is 3. The molecule has 0 spiro atoms.